The third kappa shape index (κ3) is 8.65. The standard InChI is InChI=1S/C9H22O4Si/c1-7(10)11-8(2)12-9(3)13-14(4,5)6/h7-10H,1-6H3. The highest BCUT2D eigenvalue weighted by Gasteiger charge is 2.20. The molecule has 0 radical (unpaired) electrons. The zero-order chi connectivity index (χ0) is 11.4. The molecular weight excluding hydrogens is 200 g/mol. The molecule has 0 rings (SSSR count). The lowest BCUT2D eigenvalue weighted by atomic mass is 10.6. The highest BCUT2D eigenvalue weighted by molar-refractivity contribution is 6.69. The van der Waals surface area contributed by atoms with Crippen molar-refractivity contribution in [1.82, 2.24) is 0 Å². The lowest BCUT2D eigenvalue weighted by molar-refractivity contribution is -0.255. The van der Waals surface area contributed by atoms with Crippen LogP contribution < -0.4 is 0 Å². The Morgan fingerprint density at radius 3 is 1.79 bits per heavy atom. The normalized spacial score (nSPS) is 19.1. The second-order valence-electron chi connectivity index (χ2n) is 4.24. The van der Waals surface area contributed by atoms with Gasteiger partial charge in [0.15, 0.2) is 20.9 Å². The summed E-state index contributed by atoms with van der Waals surface area (Å²) in [7, 11) is -1.57. The maximum atomic E-state index is 8.93. The largest absolute Gasteiger partial charge is 0.393 e. The topological polar surface area (TPSA) is 47.9 Å². The van der Waals surface area contributed by atoms with Gasteiger partial charge in [-0.3, -0.25) is 0 Å². The van der Waals surface area contributed by atoms with E-state index in [1.54, 1.807) is 13.8 Å². The van der Waals surface area contributed by atoms with Gasteiger partial charge >= 0.3 is 0 Å². The summed E-state index contributed by atoms with van der Waals surface area (Å²) >= 11 is 0. The second kappa shape index (κ2) is 5.82. The monoisotopic (exact) mass is 222 g/mol. The molecule has 0 heterocycles. The van der Waals surface area contributed by atoms with Crippen molar-refractivity contribution in [3.8, 4) is 0 Å². The van der Waals surface area contributed by atoms with Gasteiger partial charge in [0, 0.05) is 0 Å². The smallest absolute Gasteiger partial charge is 0.187 e. The van der Waals surface area contributed by atoms with Gasteiger partial charge in [-0.05, 0) is 40.4 Å². The van der Waals surface area contributed by atoms with Gasteiger partial charge in [0.25, 0.3) is 0 Å². The van der Waals surface area contributed by atoms with Crippen LogP contribution in [0.4, 0.5) is 0 Å². The van der Waals surface area contributed by atoms with E-state index in [0.717, 1.165) is 0 Å². The molecule has 3 unspecified atom stereocenters. The van der Waals surface area contributed by atoms with Gasteiger partial charge in [-0.15, -0.1) is 0 Å². The third-order valence-electron chi connectivity index (χ3n) is 1.29. The van der Waals surface area contributed by atoms with E-state index < -0.39 is 20.9 Å². The van der Waals surface area contributed by atoms with Crippen molar-refractivity contribution < 1.29 is 19.0 Å². The number of hydrogen-bond acceptors (Lipinski definition) is 4. The Hall–Kier alpha value is 0.0569. The first kappa shape index (κ1) is 14.1. The van der Waals surface area contributed by atoms with Crippen molar-refractivity contribution in [2.24, 2.45) is 0 Å². The predicted octanol–water partition coefficient (Wildman–Crippen LogP) is 1.90. The summed E-state index contributed by atoms with van der Waals surface area (Å²) in [6, 6.07) is 0. The van der Waals surface area contributed by atoms with Crippen LogP contribution >= 0.6 is 0 Å². The lowest BCUT2D eigenvalue weighted by Gasteiger charge is -2.26. The molecule has 0 amide bonds. The Kier molecular flexibility index (Phi) is 5.85. The quantitative estimate of drug-likeness (QED) is 0.551. The van der Waals surface area contributed by atoms with E-state index in [1.165, 1.54) is 0 Å². The Morgan fingerprint density at radius 1 is 0.929 bits per heavy atom. The minimum atomic E-state index is -1.57. The molecule has 0 aromatic heterocycles. The Labute approximate surface area is 87.3 Å². The van der Waals surface area contributed by atoms with Crippen LogP contribution in [0.1, 0.15) is 20.8 Å². The van der Waals surface area contributed by atoms with Crippen LogP contribution in [-0.2, 0) is 13.9 Å². The van der Waals surface area contributed by atoms with Gasteiger partial charge in [-0.2, -0.15) is 0 Å². The van der Waals surface area contributed by atoms with E-state index >= 15 is 0 Å². The Morgan fingerprint density at radius 2 is 1.43 bits per heavy atom. The third-order valence-corrected chi connectivity index (χ3v) is 2.33. The first-order valence-corrected chi connectivity index (χ1v) is 8.28. The maximum absolute atomic E-state index is 8.93. The molecule has 0 aromatic rings. The predicted molar refractivity (Wildman–Crippen MR) is 57.2 cm³/mol. The summed E-state index contributed by atoms with van der Waals surface area (Å²) < 4.78 is 16.0. The van der Waals surface area contributed by atoms with Crippen molar-refractivity contribution in [3.63, 3.8) is 0 Å². The SMILES string of the molecule is CC(O)OC(C)OC(C)O[Si](C)(C)C. The molecule has 0 saturated heterocycles. The molecular formula is C9H22O4Si. The van der Waals surface area contributed by atoms with E-state index in [-0.39, 0.29) is 6.29 Å². The van der Waals surface area contributed by atoms with Crippen molar-refractivity contribution >= 4 is 8.32 Å². The molecule has 0 saturated carbocycles. The van der Waals surface area contributed by atoms with Crippen LogP contribution in [0.2, 0.25) is 19.6 Å². The van der Waals surface area contributed by atoms with Gasteiger partial charge in [0.2, 0.25) is 0 Å². The molecule has 3 atom stereocenters. The summed E-state index contributed by atoms with van der Waals surface area (Å²) in [4.78, 5) is 0. The fourth-order valence-electron chi connectivity index (χ4n) is 1.10. The van der Waals surface area contributed by atoms with Crippen LogP contribution in [-0.4, -0.2) is 32.3 Å². The molecule has 0 aromatic carbocycles. The first-order valence-electron chi connectivity index (χ1n) is 4.87. The number of aliphatic hydroxyl groups excluding tert-OH is 1. The van der Waals surface area contributed by atoms with Crippen molar-refractivity contribution in [3.05, 3.63) is 0 Å². The molecule has 0 aliphatic heterocycles. The van der Waals surface area contributed by atoms with E-state index in [1.807, 2.05) is 6.92 Å². The second-order valence-corrected chi connectivity index (χ2v) is 8.70. The van der Waals surface area contributed by atoms with Crippen LogP contribution in [0.25, 0.3) is 0 Å². The van der Waals surface area contributed by atoms with Crippen LogP contribution in [0, 0.1) is 0 Å². The van der Waals surface area contributed by atoms with Crippen molar-refractivity contribution in [2.75, 3.05) is 0 Å². The maximum Gasteiger partial charge on any atom is 0.187 e. The van der Waals surface area contributed by atoms with Crippen molar-refractivity contribution in [2.45, 2.75) is 59.3 Å². The van der Waals surface area contributed by atoms with Crippen LogP contribution in [0.5, 0.6) is 0 Å². The van der Waals surface area contributed by atoms with Crippen LogP contribution in [0.15, 0.2) is 0 Å². The molecule has 5 heteroatoms. The van der Waals surface area contributed by atoms with Gasteiger partial charge in [0.05, 0.1) is 0 Å². The molecule has 86 valence electrons. The molecule has 4 nitrogen and oxygen atoms in total. The van der Waals surface area contributed by atoms with Crippen molar-refractivity contribution in [1.29, 1.82) is 0 Å². The average molecular weight is 222 g/mol. The van der Waals surface area contributed by atoms with Gasteiger partial charge in [0.1, 0.15) is 6.29 Å². The fourth-order valence-corrected chi connectivity index (χ4v) is 2.16. The first-order chi connectivity index (χ1) is 6.20. The molecule has 0 spiro atoms. The summed E-state index contributed by atoms with van der Waals surface area (Å²) in [5.74, 6) is 0. The molecule has 1 N–H and O–H groups in total. The average Bonchev–Trinajstić information content (AvgIpc) is 1.77. The van der Waals surface area contributed by atoms with Gasteiger partial charge in [-0.25, -0.2) is 0 Å². The summed E-state index contributed by atoms with van der Waals surface area (Å²) in [5, 5.41) is 8.93. The molecule has 0 aliphatic carbocycles. The minimum Gasteiger partial charge on any atom is -0.393 e. The zero-order valence-electron chi connectivity index (χ0n) is 9.90. The summed E-state index contributed by atoms with van der Waals surface area (Å²) in [5.41, 5.74) is 0. The van der Waals surface area contributed by atoms with Gasteiger partial charge in [-0.1, -0.05) is 0 Å². The Balaban J connectivity index is 3.76. The number of hydrogen-bond donors (Lipinski definition) is 1. The minimum absolute atomic E-state index is 0.296. The molecule has 0 bridgehead atoms. The number of rotatable bonds is 6. The molecule has 0 aliphatic rings. The fraction of sp³-hybridized carbons (Fsp3) is 1.00. The lowest BCUT2D eigenvalue weighted by Crippen LogP contribution is -2.34. The number of ether oxygens (including phenoxy) is 2. The van der Waals surface area contributed by atoms with E-state index in [9.17, 15) is 0 Å². The van der Waals surface area contributed by atoms with E-state index in [2.05, 4.69) is 19.6 Å². The highest BCUT2D eigenvalue weighted by Crippen LogP contribution is 2.10. The zero-order valence-corrected chi connectivity index (χ0v) is 10.9. The Bertz CT molecular complexity index is 155. The van der Waals surface area contributed by atoms with E-state index in [4.69, 9.17) is 19.0 Å². The number of aliphatic hydroxyl groups is 1. The highest BCUT2D eigenvalue weighted by atomic mass is 28.4. The molecule has 0 fully saturated rings. The van der Waals surface area contributed by atoms with E-state index in [0.29, 0.717) is 0 Å². The molecule has 14 heavy (non-hydrogen) atoms. The summed E-state index contributed by atoms with van der Waals surface area (Å²) in [6.45, 7) is 11.4. The summed E-state index contributed by atoms with van der Waals surface area (Å²) in [6.07, 6.45) is -1.57. The van der Waals surface area contributed by atoms with Crippen LogP contribution in [0.3, 0.4) is 0 Å². The van der Waals surface area contributed by atoms with Gasteiger partial charge < -0.3 is 19.0 Å².